The summed E-state index contributed by atoms with van der Waals surface area (Å²) in [4.78, 5) is 26.1. The van der Waals surface area contributed by atoms with E-state index in [1.807, 2.05) is 35.2 Å². The van der Waals surface area contributed by atoms with Gasteiger partial charge in [0.15, 0.2) is 0 Å². The fourth-order valence-electron chi connectivity index (χ4n) is 3.27. The number of amides is 2. The van der Waals surface area contributed by atoms with Crippen molar-refractivity contribution in [3.8, 4) is 5.75 Å². The molecule has 2 amide bonds. The molecule has 1 saturated heterocycles. The molecule has 0 saturated carbocycles. The van der Waals surface area contributed by atoms with E-state index in [4.69, 9.17) is 9.47 Å². The first-order valence-electron chi connectivity index (χ1n) is 8.86. The average Bonchev–Trinajstić information content (AvgIpc) is 2.66. The highest BCUT2D eigenvalue weighted by Crippen LogP contribution is 2.24. The molecule has 138 valence electrons. The lowest BCUT2D eigenvalue weighted by atomic mass is 9.94. The predicted octanol–water partition coefficient (Wildman–Crippen LogP) is 1.99. The van der Waals surface area contributed by atoms with Gasteiger partial charge in [-0.25, -0.2) is 0 Å². The molecular weight excluding hydrogens is 320 g/mol. The summed E-state index contributed by atoms with van der Waals surface area (Å²) in [6.45, 7) is 1.06. The van der Waals surface area contributed by atoms with Crippen LogP contribution in [0, 0.1) is 0 Å². The van der Waals surface area contributed by atoms with Crippen LogP contribution in [0.25, 0.3) is 0 Å². The molecular formula is C19H28N2O4. The second-order valence-corrected chi connectivity index (χ2v) is 6.19. The lowest BCUT2D eigenvalue weighted by Gasteiger charge is -2.40. The highest BCUT2D eigenvalue weighted by Gasteiger charge is 2.34. The van der Waals surface area contributed by atoms with Gasteiger partial charge in [-0.1, -0.05) is 18.2 Å². The van der Waals surface area contributed by atoms with Crippen molar-refractivity contribution in [2.24, 2.45) is 0 Å². The monoisotopic (exact) mass is 348 g/mol. The number of carbonyl (C=O) groups excluding carboxylic acids is 2. The van der Waals surface area contributed by atoms with Crippen LogP contribution in [-0.2, 0) is 14.3 Å². The summed E-state index contributed by atoms with van der Waals surface area (Å²) in [5.74, 6) is 0.805. The largest absolute Gasteiger partial charge is 0.493 e. The van der Waals surface area contributed by atoms with Crippen LogP contribution in [0.15, 0.2) is 30.3 Å². The zero-order chi connectivity index (χ0) is 18.1. The average molecular weight is 348 g/mol. The van der Waals surface area contributed by atoms with Gasteiger partial charge >= 0.3 is 0 Å². The zero-order valence-corrected chi connectivity index (χ0v) is 15.1. The number of para-hydroxylation sites is 1. The van der Waals surface area contributed by atoms with Gasteiger partial charge in [0.1, 0.15) is 5.75 Å². The summed E-state index contributed by atoms with van der Waals surface area (Å²) in [5, 5.41) is 2.63. The summed E-state index contributed by atoms with van der Waals surface area (Å²) >= 11 is 0. The van der Waals surface area contributed by atoms with Gasteiger partial charge < -0.3 is 19.7 Å². The molecule has 0 spiro atoms. The van der Waals surface area contributed by atoms with Crippen LogP contribution in [0.5, 0.6) is 5.75 Å². The van der Waals surface area contributed by atoms with E-state index in [-0.39, 0.29) is 24.0 Å². The number of likely N-dealkylation sites (tertiary alicyclic amines) is 1. The number of hydrogen-bond acceptors (Lipinski definition) is 4. The van der Waals surface area contributed by atoms with E-state index < -0.39 is 0 Å². The van der Waals surface area contributed by atoms with Crippen molar-refractivity contribution in [3.05, 3.63) is 30.3 Å². The van der Waals surface area contributed by atoms with Crippen molar-refractivity contribution < 1.29 is 19.1 Å². The Labute approximate surface area is 149 Å². The van der Waals surface area contributed by atoms with Gasteiger partial charge in [0.25, 0.3) is 0 Å². The van der Waals surface area contributed by atoms with E-state index in [0.717, 1.165) is 18.6 Å². The van der Waals surface area contributed by atoms with Crippen LogP contribution in [0.3, 0.4) is 0 Å². The second-order valence-electron chi connectivity index (χ2n) is 6.19. The van der Waals surface area contributed by atoms with Gasteiger partial charge in [0.05, 0.1) is 25.2 Å². The Kier molecular flexibility index (Phi) is 7.73. The van der Waals surface area contributed by atoms with Crippen LogP contribution in [0.1, 0.15) is 32.1 Å². The summed E-state index contributed by atoms with van der Waals surface area (Å²) < 4.78 is 11.2. The number of piperidine rings is 1. The van der Waals surface area contributed by atoms with Crippen LogP contribution in [0.2, 0.25) is 0 Å². The minimum absolute atomic E-state index is 0.0137. The molecule has 0 bridgehead atoms. The van der Waals surface area contributed by atoms with Crippen molar-refractivity contribution in [2.75, 3.05) is 27.3 Å². The van der Waals surface area contributed by atoms with E-state index in [9.17, 15) is 9.59 Å². The van der Waals surface area contributed by atoms with E-state index in [2.05, 4.69) is 5.32 Å². The second kappa shape index (κ2) is 10.0. The summed E-state index contributed by atoms with van der Waals surface area (Å²) in [7, 11) is 3.30. The first kappa shape index (κ1) is 19.2. The standard InChI is InChI=1S/C19H28N2O4/c1-20-18(22)11-10-16-17(24-2)9-6-13-21(16)19(23)12-14-25-15-7-4-3-5-8-15/h3-5,7-8,16-17H,6,9-14H2,1-2H3,(H,20,22)/t16-,17-/m0/s1. The lowest BCUT2D eigenvalue weighted by Crippen LogP contribution is -2.52. The van der Waals surface area contributed by atoms with Gasteiger partial charge in [-0.3, -0.25) is 9.59 Å². The van der Waals surface area contributed by atoms with E-state index in [0.29, 0.717) is 32.4 Å². The number of hydrogen-bond donors (Lipinski definition) is 1. The molecule has 2 rings (SSSR count). The van der Waals surface area contributed by atoms with Crippen LogP contribution in [-0.4, -0.2) is 56.2 Å². The minimum Gasteiger partial charge on any atom is -0.493 e. The SMILES string of the molecule is CNC(=O)CC[C@H]1[C@@H](OC)CCCN1C(=O)CCOc1ccccc1. The molecule has 6 heteroatoms. The zero-order valence-electron chi connectivity index (χ0n) is 15.1. The third-order valence-corrected chi connectivity index (χ3v) is 4.61. The van der Waals surface area contributed by atoms with Crippen molar-refractivity contribution in [1.82, 2.24) is 10.2 Å². The van der Waals surface area contributed by atoms with Gasteiger partial charge in [-0.15, -0.1) is 0 Å². The molecule has 1 aromatic rings. The molecule has 1 heterocycles. The first-order chi connectivity index (χ1) is 12.2. The van der Waals surface area contributed by atoms with Gasteiger partial charge in [0.2, 0.25) is 11.8 Å². The molecule has 2 atom stereocenters. The van der Waals surface area contributed by atoms with Crippen LogP contribution >= 0.6 is 0 Å². The number of nitrogens with zero attached hydrogens (tertiary/aromatic N) is 1. The molecule has 1 aliphatic rings. The Morgan fingerprint density at radius 2 is 2.00 bits per heavy atom. The quantitative estimate of drug-likeness (QED) is 0.780. The third-order valence-electron chi connectivity index (χ3n) is 4.61. The maximum Gasteiger partial charge on any atom is 0.226 e. The van der Waals surface area contributed by atoms with E-state index in [1.165, 1.54) is 0 Å². The van der Waals surface area contributed by atoms with Gasteiger partial charge in [-0.2, -0.15) is 0 Å². The molecule has 0 radical (unpaired) electrons. The number of ether oxygens (including phenoxy) is 2. The van der Waals surface area contributed by atoms with E-state index in [1.54, 1.807) is 14.2 Å². The van der Waals surface area contributed by atoms with Gasteiger partial charge in [0, 0.05) is 27.1 Å². The highest BCUT2D eigenvalue weighted by molar-refractivity contribution is 5.77. The summed E-state index contributed by atoms with van der Waals surface area (Å²) in [6.07, 6.45) is 3.15. The Bertz CT molecular complexity index is 550. The normalized spacial score (nSPS) is 20.2. The Hall–Kier alpha value is -2.08. The fourth-order valence-corrected chi connectivity index (χ4v) is 3.27. The molecule has 0 unspecified atom stereocenters. The number of rotatable bonds is 8. The maximum atomic E-state index is 12.7. The molecule has 1 N–H and O–H groups in total. The number of carbonyl (C=O) groups is 2. The van der Waals surface area contributed by atoms with Crippen LogP contribution < -0.4 is 10.1 Å². The Morgan fingerprint density at radius 1 is 1.24 bits per heavy atom. The molecule has 25 heavy (non-hydrogen) atoms. The van der Waals surface area contributed by atoms with Gasteiger partial charge in [-0.05, 0) is 31.4 Å². The van der Waals surface area contributed by atoms with E-state index >= 15 is 0 Å². The third kappa shape index (κ3) is 5.74. The number of benzene rings is 1. The summed E-state index contributed by atoms with van der Waals surface area (Å²) in [6, 6.07) is 9.42. The molecule has 1 fully saturated rings. The smallest absolute Gasteiger partial charge is 0.226 e. The minimum atomic E-state index is -0.0553. The molecule has 0 aromatic heterocycles. The maximum absolute atomic E-state index is 12.7. The van der Waals surface area contributed by atoms with Crippen molar-refractivity contribution >= 4 is 11.8 Å². The Morgan fingerprint density at radius 3 is 2.68 bits per heavy atom. The molecule has 1 aromatic carbocycles. The number of methoxy groups -OCH3 is 1. The van der Waals surface area contributed by atoms with Crippen LogP contribution in [0.4, 0.5) is 0 Å². The molecule has 1 aliphatic heterocycles. The molecule has 0 aliphatic carbocycles. The predicted molar refractivity (Wildman–Crippen MR) is 95.4 cm³/mol. The summed E-state index contributed by atoms with van der Waals surface area (Å²) in [5.41, 5.74) is 0. The van der Waals surface area contributed by atoms with Crippen molar-refractivity contribution in [3.63, 3.8) is 0 Å². The number of nitrogens with one attached hydrogen (secondary N) is 1. The highest BCUT2D eigenvalue weighted by atomic mass is 16.5. The Balaban J connectivity index is 1.90. The fraction of sp³-hybridized carbons (Fsp3) is 0.579. The van der Waals surface area contributed by atoms with Crippen molar-refractivity contribution in [2.45, 2.75) is 44.2 Å². The topological polar surface area (TPSA) is 67.9 Å². The van der Waals surface area contributed by atoms with Crippen molar-refractivity contribution in [1.29, 1.82) is 0 Å². The lowest BCUT2D eigenvalue weighted by molar-refractivity contribution is -0.141. The first-order valence-corrected chi connectivity index (χ1v) is 8.86. The molecule has 6 nitrogen and oxygen atoms in total.